The highest BCUT2D eigenvalue weighted by Crippen LogP contribution is 2.32. The van der Waals surface area contributed by atoms with Gasteiger partial charge in [0, 0.05) is 18.6 Å². The van der Waals surface area contributed by atoms with Crippen LogP contribution in [0.25, 0.3) is 0 Å². The Morgan fingerprint density at radius 3 is 2.83 bits per heavy atom. The molecule has 0 bridgehead atoms. The molecular formula is C15H23ClN2. The molecular weight excluding hydrogens is 244 g/mol. The summed E-state index contributed by atoms with van der Waals surface area (Å²) in [5.41, 5.74) is 8.40. The third-order valence-electron chi connectivity index (χ3n) is 3.90. The van der Waals surface area contributed by atoms with E-state index >= 15 is 0 Å². The number of nitrogens with two attached hydrogens (primary N) is 1. The van der Waals surface area contributed by atoms with Crippen LogP contribution in [0.4, 0.5) is 5.69 Å². The predicted molar refractivity (Wildman–Crippen MR) is 79.5 cm³/mol. The molecule has 1 fully saturated rings. The van der Waals surface area contributed by atoms with Crippen LogP contribution in [0, 0.1) is 0 Å². The second kappa shape index (κ2) is 5.94. The van der Waals surface area contributed by atoms with Crippen molar-refractivity contribution in [2.24, 2.45) is 5.73 Å². The van der Waals surface area contributed by atoms with Crippen molar-refractivity contribution in [1.82, 2.24) is 0 Å². The SMILES string of the molecule is CCC(N)Cc1ccc(N2CCCC2C)c(Cl)c1. The van der Waals surface area contributed by atoms with Crippen molar-refractivity contribution in [2.75, 3.05) is 11.4 Å². The van der Waals surface area contributed by atoms with E-state index in [9.17, 15) is 0 Å². The average molecular weight is 267 g/mol. The first-order valence-corrected chi connectivity index (χ1v) is 7.30. The molecule has 1 aliphatic rings. The van der Waals surface area contributed by atoms with E-state index in [4.69, 9.17) is 17.3 Å². The summed E-state index contributed by atoms with van der Waals surface area (Å²) in [5, 5.41) is 0.865. The van der Waals surface area contributed by atoms with Gasteiger partial charge in [-0.05, 0) is 50.3 Å². The summed E-state index contributed by atoms with van der Waals surface area (Å²) in [4.78, 5) is 2.41. The number of hydrogen-bond acceptors (Lipinski definition) is 2. The summed E-state index contributed by atoms with van der Waals surface area (Å²) in [7, 11) is 0. The summed E-state index contributed by atoms with van der Waals surface area (Å²) in [6.45, 7) is 5.51. The van der Waals surface area contributed by atoms with Gasteiger partial charge >= 0.3 is 0 Å². The lowest BCUT2D eigenvalue weighted by Gasteiger charge is -2.25. The zero-order valence-corrected chi connectivity index (χ0v) is 12.1. The molecule has 2 unspecified atom stereocenters. The van der Waals surface area contributed by atoms with Crippen molar-refractivity contribution in [3.63, 3.8) is 0 Å². The predicted octanol–water partition coefficient (Wildman–Crippen LogP) is 3.61. The minimum absolute atomic E-state index is 0.234. The Kier molecular flexibility index (Phi) is 4.52. The Morgan fingerprint density at radius 1 is 1.50 bits per heavy atom. The number of benzene rings is 1. The molecule has 0 amide bonds. The van der Waals surface area contributed by atoms with Gasteiger partial charge in [-0.25, -0.2) is 0 Å². The van der Waals surface area contributed by atoms with Gasteiger partial charge in [0.25, 0.3) is 0 Å². The first-order valence-electron chi connectivity index (χ1n) is 6.92. The molecule has 1 aromatic carbocycles. The van der Waals surface area contributed by atoms with E-state index in [1.807, 2.05) is 0 Å². The molecule has 0 radical (unpaired) electrons. The van der Waals surface area contributed by atoms with E-state index in [-0.39, 0.29) is 6.04 Å². The lowest BCUT2D eigenvalue weighted by Crippen LogP contribution is -2.26. The maximum atomic E-state index is 6.42. The third-order valence-corrected chi connectivity index (χ3v) is 4.20. The maximum absolute atomic E-state index is 6.42. The third kappa shape index (κ3) is 2.99. The van der Waals surface area contributed by atoms with E-state index < -0.39 is 0 Å². The van der Waals surface area contributed by atoms with Gasteiger partial charge in [0.1, 0.15) is 0 Å². The van der Waals surface area contributed by atoms with Crippen LogP contribution in [-0.4, -0.2) is 18.6 Å². The van der Waals surface area contributed by atoms with Crippen LogP contribution in [0.5, 0.6) is 0 Å². The number of hydrogen-bond donors (Lipinski definition) is 1. The summed E-state index contributed by atoms with van der Waals surface area (Å²) in [5.74, 6) is 0. The molecule has 18 heavy (non-hydrogen) atoms. The molecule has 1 heterocycles. The normalized spacial score (nSPS) is 21.3. The van der Waals surface area contributed by atoms with E-state index in [0.29, 0.717) is 6.04 Å². The molecule has 100 valence electrons. The number of anilines is 1. The van der Waals surface area contributed by atoms with Crippen molar-refractivity contribution >= 4 is 17.3 Å². The lowest BCUT2D eigenvalue weighted by molar-refractivity contribution is 0.646. The van der Waals surface area contributed by atoms with Crippen LogP contribution in [0.3, 0.4) is 0 Å². The Bertz CT molecular complexity index is 405. The van der Waals surface area contributed by atoms with Gasteiger partial charge in [-0.15, -0.1) is 0 Å². The molecule has 2 nitrogen and oxygen atoms in total. The van der Waals surface area contributed by atoms with Crippen molar-refractivity contribution in [2.45, 2.75) is 51.6 Å². The molecule has 3 heteroatoms. The summed E-state index contributed by atoms with van der Waals surface area (Å²) < 4.78 is 0. The average Bonchev–Trinajstić information content (AvgIpc) is 2.75. The van der Waals surface area contributed by atoms with E-state index in [1.165, 1.54) is 24.1 Å². The Morgan fingerprint density at radius 2 is 2.28 bits per heavy atom. The molecule has 2 rings (SSSR count). The second-order valence-electron chi connectivity index (χ2n) is 5.34. The van der Waals surface area contributed by atoms with Crippen molar-refractivity contribution < 1.29 is 0 Å². The fourth-order valence-electron chi connectivity index (χ4n) is 2.65. The number of halogens is 1. The van der Waals surface area contributed by atoms with Gasteiger partial charge in [0.15, 0.2) is 0 Å². The van der Waals surface area contributed by atoms with Gasteiger partial charge in [-0.3, -0.25) is 0 Å². The highest BCUT2D eigenvalue weighted by molar-refractivity contribution is 6.33. The van der Waals surface area contributed by atoms with E-state index in [1.54, 1.807) is 0 Å². The number of rotatable bonds is 4. The standard InChI is InChI=1S/C15H23ClN2/c1-3-13(17)9-12-6-7-15(14(16)10-12)18-8-4-5-11(18)2/h6-7,10-11,13H,3-5,8-9,17H2,1-2H3. The molecule has 0 aromatic heterocycles. The summed E-state index contributed by atoms with van der Waals surface area (Å²) in [6, 6.07) is 7.24. The quantitative estimate of drug-likeness (QED) is 0.902. The Balaban J connectivity index is 2.14. The highest BCUT2D eigenvalue weighted by atomic mass is 35.5. The Hall–Kier alpha value is -0.730. The van der Waals surface area contributed by atoms with Gasteiger partial charge in [-0.1, -0.05) is 24.6 Å². The molecule has 0 saturated carbocycles. The van der Waals surface area contributed by atoms with Crippen molar-refractivity contribution in [3.8, 4) is 0 Å². The van der Waals surface area contributed by atoms with Crippen molar-refractivity contribution in [3.05, 3.63) is 28.8 Å². The van der Waals surface area contributed by atoms with Crippen LogP contribution in [0.2, 0.25) is 5.02 Å². The zero-order chi connectivity index (χ0) is 13.1. The topological polar surface area (TPSA) is 29.3 Å². The largest absolute Gasteiger partial charge is 0.368 e. The Labute approximate surface area is 115 Å². The van der Waals surface area contributed by atoms with Crippen LogP contribution < -0.4 is 10.6 Å². The van der Waals surface area contributed by atoms with Gasteiger partial charge in [0.2, 0.25) is 0 Å². The fraction of sp³-hybridized carbons (Fsp3) is 0.600. The smallest absolute Gasteiger partial charge is 0.0642 e. The molecule has 2 atom stereocenters. The molecule has 0 spiro atoms. The van der Waals surface area contributed by atoms with Crippen LogP contribution >= 0.6 is 11.6 Å². The number of nitrogens with zero attached hydrogens (tertiary/aromatic N) is 1. The monoisotopic (exact) mass is 266 g/mol. The minimum Gasteiger partial charge on any atom is -0.368 e. The first kappa shape index (κ1) is 13.7. The molecule has 2 N–H and O–H groups in total. The van der Waals surface area contributed by atoms with E-state index in [2.05, 4.69) is 36.9 Å². The first-order chi connectivity index (χ1) is 8.61. The van der Waals surface area contributed by atoms with Crippen LogP contribution in [-0.2, 0) is 6.42 Å². The van der Waals surface area contributed by atoms with Gasteiger partial charge in [-0.2, -0.15) is 0 Å². The fourth-order valence-corrected chi connectivity index (χ4v) is 2.96. The zero-order valence-electron chi connectivity index (χ0n) is 11.3. The van der Waals surface area contributed by atoms with Crippen LogP contribution in [0.1, 0.15) is 38.7 Å². The minimum atomic E-state index is 0.234. The molecule has 1 aromatic rings. The van der Waals surface area contributed by atoms with Crippen molar-refractivity contribution in [1.29, 1.82) is 0 Å². The molecule has 0 aliphatic carbocycles. The maximum Gasteiger partial charge on any atom is 0.0642 e. The van der Waals surface area contributed by atoms with Gasteiger partial charge in [0.05, 0.1) is 10.7 Å². The van der Waals surface area contributed by atoms with Gasteiger partial charge < -0.3 is 10.6 Å². The van der Waals surface area contributed by atoms with Crippen LogP contribution in [0.15, 0.2) is 18.2 Å². The second-order valence-corrected chi connectivity index (χ2v) is 5.75. The molecule has 1 saturated heterocycles. The summed E-state index contributed by atoms with van der Waals surface area (Å²) in [6.07, 6.45) is 4.44. The highest BCUT2D eigenvalue weighted by Gasteiger charge is 2.22. The summed E-state index contributed by atoms with van der Waals surface area (Å²) >= 11 is 6.42. The van der Waals surface area contributed by atoms with E-state index in [0.717, 1.165) is 24.4 Å². The molecule has 1 aliphatic heterocycles. The lowest BCUT2D eigenvalue weighted by atomic mass is 10.0.